The van der Waals surface area contributed by atoms with Crippen LogP contribution in [-0.2, 0) is 12.1 Å². The first-order valence-electron chi connectivity index (χ1n) is 13.9. The molecule has 1 aliphatic heterocycles. The number of anilines is 1. The lowest BCUT2D eigenvalue weighted by molar-refractivity contribution is 0.0612. The van der Waals surface area contributed by atoms with E-state index in [1.54, 1.807) is 36.8 Å². The molecule has 1 aliphatic carbocycles. The Hall–Kier alpha value is -3.23. The van der Waals surface area contributed by atoms with Gasteiger partial charge < -0.3 is 25.2 Å². The van der Waals surface area contributed by atoms with Crippen molar-refractivity contribution in [1.29, 1.82) is 0 Å². The summed E-state index contributed by atoms with van der Waals surface area (Å²) in [6.07, 6.45) is 4.05. The number of hydrogen-bond acceptors (Lipinski definition) is 5. The van der Waals surface area contributed by atoms with E-state index in [0.717, 1.165) is 49.0 Å². The molecule has 1 aromatic carbocycles. The highest BCUT2D eigenvalue weighted by Gasteiger charge is 2.30. The molecule has 7 nitrogen and oxygen atoms in total. The largest absolute Gasteiger partial charge is 0.384 e. The van der Waals surface area contributed by atoms with E-state index in [4.69, 9.17) is 10.7 Å². The minimum Gasteiger partial charge on any atom is -0.384 e. The molecular weight excluding hydrogens is 493 g/mol. The Kier molecular flexibility index (Phi) is 7.06. The summed E-state index contributed by atoms with van der Waals surface area (Å²) in [7, 11) is 1.80. The average molecular weight is 534 g/mol. The smallest absolute Gasteiger partial charge is 0.254 e. The number of fused-ring (bicyclic) bond motifs is 1. The maximum absolute atomic E-state index is 15.7. The van der Waals surface area contributed by atoms with Crippen LogP contribution in [0.5, 0.6) is 0 Å². The molecule has 2 aromatic heterocycles. The molecule has 2 fully saturated rings. The number of carbonyl (C=O) groups excluding carboxylic acids is 1. The van der Waals surface area contributed by atoms with Crippen LogP contribution in [0.2, 0.25) is 0 Å². The van der Waals surface area contributed by atoms with Crippen molar-refractivity contribution in [2.45, 2.75) is 77.6 Å². The SMILES string of the molecule is C=C(c1cc2ccc(C(C)(C)O)nc2n1CC1CC1)N(C)c1c(C)cc(C(=O)N2CC(N)CCC2C)cc1F. The standard InChI is InChI=1S/C31H40FN5O2/c1-18-13-23(30(38)36-17-24(33)11-7-19(36)2)14-25(32)28(18)35(6)20(3)26-15-22-10-12-27(31(4,5)39)34-29(22)37(26)16-21-8-9-21/h10,12-15,19,21,24,39H,3,7-9,11,16-17,33H2,1-2,4-6H3. The summed E-state index contributed by atoms with van der Waals surface area (Å²) in [5.74, 6) is -0.0895. The Morgan fingerprint density at radius 1 is 1.23 bits per heavy atom. The second-order valence-corrected chi connectivity index (χ2v) is 12.0. The van der Waals surface area contributed by atoms with Gasteiger partial charge in [-0.15, -0.1) is 0 Å². The van der Waals surface area contributed by atoms with Gasteiger partial charge in [0.1, 0.15) is 17.1 Å². The van der Waals surface area contributed by atoms with Crippen molar-refractivity contribution >= 4 is 28.3 Å². The number of benzene rings is 1. The molecule has 39 heavy (non-hydrogen) atoms. The Labute approximate surface area is 230 Å². The van der Waals surface area contributed by atoms with Crippen molar-refractivity contribution in [3.05, 3.63) is 65.2 Å². The number of halogens is 1. The van der Waals surface area contributed by atoms with Crippen molar-refractivity contribution in [2.24, 2.45) is 11.7 Å². The van der Waals surface area contributed by atoms with Crippen LogP contribution in [-0.4, -0.2) is 51.1 Å². The molecule has 3 aromatic rings. The highest BCUT2D eigenvalue weighted by Crippen LogP contribution is 2.37. The Balaban J connectivity index is 1.48. The zero-order valence-electron chi connectivity index (χ0n) is 23.7. The first-order valence-corrected chi connectivity index (χ1v) is 13.9. The van der Waals surface area contributed by atoms with Gasteiger partial charge in [0.05, 0.1) is 22.8 Å². The number of amides is 1. The summed E-state index contributed by atoms with van der Waals surface area (Å²) in [6, 6.07) is 8.95. The lowest BCUT2D eigenvalue weighted by atomic mass is 9.98. The van der Waals surface area contributed by atoms with E-state index in [0.29, 0.717) is 40.7 Å². The summed E-state index contributed by atoms with van der Waals surface area (Å²) in [5.41, 5.74) is 9.30. The second kappa shape index (κ2) is 10.1. The third kappa shape index (κ3) is 5.32. The van der Waals surface area contributed by atoms with Crippen LogP contribution in [0.1, 0.15) is 73.8 Å². The molecule has 2 atom stereocenters. The highest BCUT2D eigenvalue weighted by atomic mass is 19.1. The number of pyridine rings is 1. The Bertz CT molecular complexity index is 1410. The lowest BCUT2D eigenvalue weighted by Gasteiger charge is -2.37. The first-order chi connectivity index (χ1) is 18.3. The maximum atomic E-state index is 15.7. The summed E-state index contributed by atoms with van der Waals surface area (Å²) in [4.78, 5) is 21.6. The molecular formula is C31H40FN5O2. The van der Waals surface area contributed by atoms with Gasteiger partial charge in [0.25, 0.3) is 5.91 Å². The fourth-order valence-electron chi connectivity index (χ4n) is 5.63. The zero-order chi connectivity index (χ0) is 28.2. The van der Waals surface area contributed by atoms with Gasteiger partial charge in [0.15, 0.2) is 0 Å². The van der Waals surface area contributed by atoms with Crippen molar-refractivity contribution in [1.82, 2.24) is 14.5 Å². The topological polar surface area (TPSA) is 87.6 Å². The molecule has 2 aliphatic rings. The quantitative estimate of drug-likeness (QED) is 0.437. The zero-order valence-corrected chi connectivity index (χ0v) is 23.7. The molecule has 5 rings (SSSR count). The molecule has 1 saturated carbocycles. The normalized spacial score (nSPS) is 19.9. The number of carbonyl (C=O) groups is 1. The van der Waals surface area contributed by atoms with Crippen molar-refractivity contribution in [3.8, 4) is 0 Å². The first kappa shape index (κ1) is 27.3. The van der Waals surface area contributed by atoms with Gasteiger partial charge in [-0.3, -0.25) is 4.79 Å². The minimum absolute atomic E-state index is 0.0544. The van der Waals surface area contributed by atoms with Crippen LogP contribution in [0.4, 0.5) is 10.1 Å². The van der Waals surface area contributed by atoms with Gasteiger partial charge in [-0.25, -0.2) is 9.37 Å². The summed E-state index contributed by atoms with van der Waals surface area (Å²) < 4.78 is 17.9. The number of aliphatic hydroxyl groups is 1. The van der Waals surface area contributed by atoms with Gasteiger partial charge in [-0.2, -0.15) is 0 Å². The molecule has 8 heteroatoms. The highest BCUT2D eigenvalue weighted by molar-refractivity contribution is 5.96. The van der Waals surface area contributed by atoms with E-state index < -0.39 is 11.4 Å². The molecule has 208 valence electrons. The summed E-state index contributed by atoms with van der Waals surface area (Å²) in [6.45, 7) is 12.9. The van der Waals surface area contributed by atoms with Crippen LogP contribution in [0.15, 0.2) is 36.9 Å². The fourth-order valence-corrected chi connectivity index (χ4v) is 5.63. The van der Waals surface area contributed by atoms with Crippen molar-refractivity contribution in [2.75, 3.05) is 18.5 Å². The van der Waals surface area contributed by atoms with Gasteiger partial charge in [0.2, 0.25) is 0 Å². The van der Waals surface area contributed by atoms with Crippen LogP contribution < -0.4 is 10.6 Å². The number of likely N-dealkylation sites (tertiary alicyclic amines) is 1. The van der Waals surface area contributed by atoms with E-state index >= 15 is 4.39 Å². The van der Waals surface area contributed by atoms with Crippen LogP contribution in [0, 0.1) is 18.7 Å². The maximum Gasteiger partial charge on any atom is 0.254 e. The van der Waals surface area contributed by atoms with E-state index in [-0.39, 0.29) is 18.0 Å². The monoisotopic (exact) mass is 533 g/mol. The van der Waals surface area contributed by atoms with Crippen LogP contribution in [0.3, 0.4) is 0 Å². The molecule has 0 spiro atoms. The van der Waals surface area contributed by atoms with Gasteiger partial charge in [0, 0.05) is 43.2 Å². The van der Waals surface area contributed by atoms with Crippen LogP contribution >= 0.6 is 0 Å². The predicted molar refractivity (Wildman–Crippen MR) is 154 cm³/mol. The number of aryl methyl sites for hydroxylation is 1. The van der Waals surface area contributed by atoms with E-state index in [9.17, 15) is 9.90 Å². The molecule has 1 amide bonds. The molecule has 3 heterocycles. The molecule has 0 bridgehead atoms. The van der Waals surface area contributed by atoms with Crippen LogP contribution in [0.25, 0.3) is 16.7 Å². The average Bonchev–Trinajstić information content (AvgIpc) is 3.62. The number of nitrogens with two attached hydrogens (primary N) is 1. The number of rotatable bonds is 7. The van der Waals surface area contributed by atoms with E-state index in [2.05, 4.69) is 11.1 Å². The molecule has 0 radical (unpaired) electrons. The van der Waals surface area contributed by atoms with Gasteiger partial charge in [-0.1, -0.05) is 6.58 Å². The molecule has 1 saturated heterocycles. The van der Waals surface area contributed by atoms with Crippen molar-refractivity contribution < 1.29 is 14.3 Å². The number of aromatic nitrogens is 2. The molecule has 3 N–H and O–H groups in total. The fraction of sp³-hybridized carbons (Fsp3) is 0.484. The van der Waals surface area contributed by atoms with E-state index in [1.807, 2.05) is 32.0 Å². The second-order valence-electron chi connectivity index (χ2n) is 12.0. The summed E-state index contributed by atoms with van der Waals surface area (Å²) in [5, 5.41) is 11.5. The lowest BCUT2D eigenvalue weighted by Crippen LogP contribution is -2.50. The third-order valence-electron chi connectivity index (χ3n) is 8.22. The third-order valence-corrected chi connectivity index (χ3v) is 8.22. The van der Waals surface area contributed by atoms with Gasteiger partial charge in [-0.05, 0) is 95.2 Å². The van der Waals surface area contributed by atoms with Crippen molar-refractivity contribution in [3.63, 3.8) is 0 Å². The van der Waals surface area contributed by atoms with Gasteiger partial charge >= 0.3 is 0 Å². The summed E-state index contributed by atoms with van der Waals surface area (Å²) >= 11 is 0. The number of nitrogens with zero attached hydrogens (tertiary/aromatic N) is 4. The molecule has 2 unspecified atom stereocenters. The number of hydrogen-bond donors (Lipinski definition) is 2. The number of piperidine rings is 1. The van der Waals surface area contributed by atoms with E-state index in [1.165, 1.54) is 6.07 Å². The predicted octanol–water partition coefficient (Wildman–Crippen LogP) is 5.18. The Morgan fingerprint density at radius 3 is 2.59 bits per heavy atom. The minimum atomic E-state index is -1.06. The Morgan fingerprint density at radius 2 is 1.95 bits per heavy atom.